The SMILES string of the molecule is CC1(C)OC(=O)C(=CNc2cccc(Oc3cccnc3)c2)C(=O)O1. The van der Waals surface area contributed by atoms with E-state index < -0.39 is 17.7 Å². The van der Waals surface area contributed by atoms with Crippen molar-refractivity contribution < 1.29 is 23.8 Å². The molecular formula is C18H16N2O5. The average molecular weight is 340 g/mol. The number of benzene rings is 1. The zero-order valence-electron chi connectivity index (χ0n) is 13.7. The molecule has 25 heavy (non-hydrogen) atoms. The molecule has 128 valence electrons. The third-order valence-corrected chi connectivity index (χ3v) is 3.20. The minimum absolute atomic E-state index is 0.210. The summed E-state index contributed by atoms with van der Waals surface area (Å²) >= 11 is 0. The van der Waals surface area contributed by atoms with Crippen molar-refractivity contribution in [2.24, 2.45) is 0 Å². The number of hydrogen-bond donors (Lipinski definition) is 1. The number of carbonyl (C=O) groups is 2. The van der Waals surface area contributed by atoms with Gasteiger partial charge in [0, 0.05) is 38.0 Å². The highest BCUT2D eigenvalue weighted by atomic mass is 16.7. The van der Waals surface area contributed by atoms with Crippen LogP contribution in [-0.4, -0.2) is 22.7 Å². The van der Waals surface area contributed by atoms with Gasteiger partial charge in [0.15, 0.2) is 5.57 Å². The second kappa shape index (κ2) is 6.64. The van der Waals surface area contributed by atoms with Crippen molar-refractivity contribution in [1.29, 1.82) is 0 Å². The zero-order valence-corrected chi connectivity index (χ0v) is 13.7. The molecule has 7 nitrogen and oxygen atoms in total. The fraction of sp³-hybridized carbons (Fsp3) is 0.167. The molecule has 0 spiro atoms. The summed E-state index contributed by atoms with van der Waals surface area (Å²) in [7, 11) is 0. The van der Waals surface area contributed by atoms with Gasteiger partial charge in [-0.25, -0.2) is 9.59 Å². The molecule has 0 amide bonds. The zero-order chi connectivity index (χ0) is 17.9. The number of aromatic nitrogens is 1. The van der Waals surface area contributed by atoms with E-state index in [1.165, 1.54) is 20.0 Å². The summed E-state index contributed by atoms with van der Waals surface area (Å²) in [6.45, 7) is 2.98. The summed E-state index contributed by atoms with van der Waals surface area (Å²) in [5.41, 5.74) is 0.414. The van der Waals surface area contributed by atoms with E-state index in [1.807, 2.05) is 0 Å². The number of anilines is 1. The first-order chi connectivity index (χ1) is 11.9. The molecule has 0 saturated carbocycles. The third-order valence-electron chi connectivity index (χ3n) is 3.20. The van der Waals surface area contributed by atoms with Crippen LogP contribution in [0.3, 0.4) is 0 Å². The number of nitrogens with zero attached hydrogens (tertiary/aromatic N) is 1. The number of hydrogen-bond acceptors (Lipinski definition) is 7. The Hall–Kier alpha value is -3.35. The van der Waals surface area contributed by atoms with E-state index in [2.05, 4.69) is 10.3 Å². The summed E-state index contributed by atoms with van der Waals surface area (Å²) in [6.07, 6.45) is 4.50. The monoisotopic (exact) mass is 340 g/mol. The van der Waals surface area contributed by atoms with E-state index in [4.69, 9.17) is 14.2 Å². The number of esters is 2. The van der Waals surface area contributed by atoms with Crippen LogP contribution in [0.4, 0.5) is 5.69 Å². The highest BCUT2D eigenvalue weighted by Gasteiger charge is 2.38. The number of rotatable bonds is 4. The Labute approximate surface area is 144 Å². The molecule has 2 heterocycles. The van der Waals surface area contributed by atoms with Crippen molar-refractivity contribution in [2.45, 2.75) is 19.6 Å². The molecule has 1 aromatic heterocycles. The first-order valence-electron chi connectivity index (χ1n) is 7.54. The molecule has 2 aromatic rings. The van der Waals surface area contributed by atoms with Crippen molar-refractivity contribution in [3.05, 3.63) is 60.6 Å². The molecule has 7 heteroatoms. The topological polar surface area (TPSA) is 86.8 Å². The maximum absolute atomic E-state index is 11.9. The van der Waals surface area contributed by atoms with Crippen LogP contribution in [0.15, 0.2) is 60.6 Å². The van der Waals surface area contributed by atoms with Crippen molar-refractivity contribution >= 4 is 17.6 Å². The maximum Gasteiger partial charge on any atom is 0.350 e. The second-order valence-corrected chi connectivity index (χ2v) is 5.70. The Morgan fingerprint density at radius 2 is 1.80 bits per heavy atom. The average Bonchev–Trinajstić information content (AvgIpc) is 2.54. The lowest BCUT2D eigenvalue weighted by atomic mass is 10.2. The molecule has 0 radical (unpaired) electrons. The van der Waals surface area contributed by atoms with Gasteiger partial charge in [0.1, 0.15) is 11.5 Å². The van der Waals surface area contributed by atoms with Crippen molar-refractivity contribution in [3.63, 3.8) is 0 Å². The molecule has 3 rings (SSSR count). The summed E-state index contributed by atoms with van der Waals surface area (Å²) < 4.78 is 15.7. The Kier molecular flexibility index (Phi) is 4.38. The third kappa shape index (κ3) is 4.14. The van der Waals surface area contributed by atoms with Gasteiger partial charge in [-0.05, 0) is 24.3 Å². The minimum Gasteiger partial charge on any atom is -0.456 e. The van der Waals surface area contributed by atoms with Gasteiger partial charge < -0.3 is 19.5 Å². The summed E-state index contributed by atoms with van der Waals surface area (Å²) in [5.74, 6) is -1.57. The Morgan fingerprint density at radius 3 is 2.48 bits per heavy atom. The smallest absolute Gasteiger partial charge is 0.350 e. The molecular weight excluding hydrogens is 324 g/mol. The molecule has 1 aromatic carbocycles. The molecule has 1 aliphatic heterocycles. The van der Waals surface area contributed by atoms with Crippen LogP contribution >= 0.6 is 0 Å². The van der Waals surface area contributed by atoms with Crippen molar-refractivity contribution in [2.75, 3.05) is 5.32 Å². The first kappa shape index (κ1) is 16.5. The van der Waals surface area contributed by atoms with Gasteiger partial charge in [-0.3, -0.25) is 4.98 Å². The maximum atomic E-state index is 11.9. The highest BCUT2D eigenvalue weighted by Crippen LogP contribution is 2.25. The van der Waals surface area contributed by atoms with Crippen molar-refractivity contribution in [3.8, 4) is 11.5 Å². The Balaban J connectivity index is 1.72. The summed E-state index contributed by atoms with van der Waals surface area (Å²) in [6, 6.07) is 10.6. The van der Waals surface area contributed by atoms with Gasteiger partial charge in [0.2, 0.25) is 0 Å². The number of cyclic esters (lactones) is 2. The quantitative estimate of drug-likeness (QED) is 0.520. The minimum atomic E-state index is -1.26. The molecule has 1 saturated heterocycles. The first-order valence-corrected chi connectivity index (χ1v) is 7.54. The highest BCUT2D eigenvalue weighted by molar-refractivity contribution is 6.15. The predicted octanol–water partition coefficient (Wildman–Crippen LogP) is 3.01. The molecule has 1 fully saturated rings. The molecule has 0 bridgehead atoms. The molecule has 1 N–H and O–H groups in total. The van der Waals surface area contributed by atoms with Crippen LogP contribution in [0.5, 0.6) is 11.5 Å². The van der Waals surface area contributed by atoms with E-state index in [0.717, 1.165) is 0 Å². The van der Waals surface area contributed by atoms with Gasteiger partial charge in [-0.1, -0.05) is 6.07 Å². The fourth-order valence-electron chi connectivity index (χ4n) is 2.13. The van der Waals surface area contributed by atoms with E-state index in [0.29, 0.717) is 17.2 Å². The Bertz CT molecular complexity index is 808. The van der Waals surface area contributed by atoms with Crippen LogP contribution in [0, 0.1) is 0 Å². The lowest BCUT2D eigenvalue weighted by Crippen LogP contribution is -2.42. The van der Waals surface area contributed by atoms with E-state index in [9.17, 15) is 9.59 Å². The van der Waals surface area contributed by atoms with Gasteiger partial charge in [-0.2, -0.15) is 0 Å². The van der Waals surface area contributed by atoms with Crippen LogP contribution < -0.4 is 10.1 Å². The molecule has 0 aliphatic carbocycles. The lowest BCUT2D eigenvalue weighted by Gasteiger charge is -2.29. The fourth-order valence-corrected chi connectivity index (χ4v) is 2.13. The van der Waals surface area contributed by atoms with Crippen LogP contribution in [0.1, 0.15) is 13.8 Å². The van der Waals surface area contributed by atoms with Gasteiger partial charge >= 0.3 is 11.9 Å². The largest absolute Gasteiger partial charge is 0.456 e. The van der Waals surface area contributed by atoms with Crippen LogP contribution in [0.25, 0.3) is 0 Å². The van der Waals surface area contributed by atoms with Gasteiger partial charge in [0.25, 0.3) is 5.79 Å². The number of pyridine rings is 1. The van der Waals surface area contributed by atoms with Crippen molar-refractivity contribution in [1.82, 2.24) is 4.98 Å². The van der Waals surface area contributed by atoms with E-state index in [1.54, 1.807) is 48.8 Å². The lowest BCUT2D eigenvalue weighted by molar-refractivity contribution is -0.222. The molecule has 1 aliphatic rings. The van der Waals surface area contributed by atoms with Crippen LogP contribution in [-0.2, 0) is 19.1 Å². The summed E-state index contributed by atoms with van der Waals surface area (Å²) in [4.78, 5) is 27.7. The predicted molar refractivity (Wildman–Crippen MR) is 88.7 cm³/mol. The number of carbonyl (C=O) groups excluding carboxylic acids is 2. The normalized spacial score (nSPS) is 15.8. The molecule has 0 unspecified atom stereocenters. The van der Waals surface area contributed by atoms with Crippen LogP contribution in [0.2, 0.25) is 0 Å². The molecule has 0 atom stereocenters. The second-order valence-electron chi connectivity index (χ2n) is 5.70. The summed E-state index contributed by atoms with van der Waals surface area (Å²) in [5, 5.41) is 2.87. The van der Waals surface area contributed by atoms with Gasteiger partial charge in [-0.15, -0.1) is 0 Å². The number of nitrogens with one attached hydrogen (secondary N) is 1. The number of ether oxygens (including phenoxy) is 3. The Morgan fingerprint density at radius 1 is 1.08 bits per heavy atom. The van der Waals surface area contributed by atoms with Gasteiger partial charge in [0.05, 0.1) is 6.20 Å². The van der Waals surface area contributed by atoms with E-state index >= 15 is 0 Å². The van der Waals surface area contributed by atoms with E-state index in [-0.39, 0.29) is 5.57 Å². The standard InChI is InChI=1S/C18H16N2O5/c1-18(2)24-16(21)15(17(22)25-18)11-20-12-5-3-6-13(9-12)23-14-7-4-8-19-10-14/h3-11,20H,1-2H3.